The van der Waals surface area contributed by atoms with Crippen molar-refractivity contribution in [2.24, 2.45) is 5.41 Å². The normalized spacial score (nSPS) is 21.4. The summed E-state index contributed by atoms with van der Waals surface area (Å²) in [5.74, 6) is 0. The number of rotatable bonds is 6. The number of ether oxygens (including phenoxy) is 2. The summed E-state index contributed by atoms with van der Waals surface area (Å²) in [6.07, 6.45) is 12.2. The number of hydrogen-bond acceptors (Lipinski definition) is 2. The third kappa shape index (κ3) is 4.84. The minimum atomic E-state index is 0.506. The van der Waals surface area contributed by atoms with Crippen LogP contribution >= 0.6 is 0 Å². The Kier molecular flexibility index (Phi) is 7.06. The van der Waals surface area contributed by atoms with Crippen molar-refractivity contribution in [3.05, 3.63) is 0 Å². The summed E-state index contributed by atoms with van der Waals surface area (Å²) in [6, 6.07) is 0. The van der Waals surface area contributed by atoms with Crippen molar-refractivity contribution in [2.45, 2.75) is 57.8 Å². The highest BCUT2D eigenvalue weighted by Gasteiger charge is 2.29. The second-order valence-electron chi connectivity index (χ2n) is 5.25. The molecule has 1 aliphatic carbocycles. The molecule has 1 fully saturated rings. The molecule has 0 aromatic rings. The zero-order chi connectivity index (χ0) is 11.7. The first-order valence-corrected chi connectivity index (χ1v) is 6.81. The molecule has 1 saturated carbocycles. The maximum absolute atomic E-state index is 5.28. The third-order valence-electron chi connectivity index (χ3n) is 4.09. The van der Waals surface area contributed by atoms with Crippen LogP contribution in [-0.2, 0) is 9.47 Å². The van der Waals surface area contributed by atoms with Crippen molar-refractivity contribution >= 4 is 0 Å². The van der Waals surface area contributed by atoms with Crippen molar-refractivity contribution in [3.8, 4) is 0 Å². The summed E-state index contributed by atoms with van der Waals surface area (Å²) < 4.78 is 10.6. The molecule has 2 nitrogen and oxygen atoms in total. The lowest BCUT2D eigenvalue weighted by Gasteiger charge is -2.35. The topological polar surface area (TPSA) is 18.5 Å². The minimum Gasteiger partial charge on any atom is -0.385 e. The highest BCUT2D eigenvalue weighted by atomic mass is 16.5. The van der Waals surface area contributed by atoms with E-state index >= 15 is 0 Å². The fourth-order valence-corrected chi connectivity index (χ4v) is 2.92. The molecule has 0 radical (unpaired) electrons. The molecule has 0 aromatic heterocycles. The Bertz CT molecular complexity index is 143. The third-order valence-corrected chi connectivity index (χ3v) is 4.09. The van der Waals surface area contributed by atoms with Crippen LogP contribution < -0.4 is 0 Å². The molecule has 1 rings (SSSR count). The fraction of sp³-hybridized carbons (Fsp3) is 1.00. The lowest BCUT2D eigenvalue weighted by atomic mass is 9.72. The zero-order valence-corrected chi connectivity index (χ0v) is 11.1. The summed E-state index contributed by atoms with van der Waals surface area (Å²) >= 11 is 0. The average Bonchev–Trinajstić information content (AvgIpc) is 2.27. The van der Waals surface area contributed by atoms with Gasteiger partial charge in [-0.1, -0.05) is 32.1 Å². The zero-order valence-electron chi connectivity index (χ0n) is 11.1. The van der Waals surface area contributed by atoms with E-state index in [2.05, 4.69) is 0 Å². The Balaban J connectivity index is 2.49. The van der Waals surface area contributed by atoms with Gasteiger partial charge in [0.05, 0.1) is 0 Å². The Morgan fingerprint density at radius 3 is 1.62 bits per heavy atom. The Morgan fingerprint density at radius 1 is 0.750 bits per heavy atom. The van der Waals surface area contributed by atoms with Crippen LogP contribution in [0.2, 0.25) is 0 Å². The molecule has 0 heterocycles. The highest BCUT2D eigenvalue weighted by molar-refractivity contribution is 4.81. The summed E-state index contributed by atoms with van der Waals surface area (Å²) in [4.78, 5) is 0. The van der Waals surface area contributed by atoms with Gasteiger partial charge in [-0.25, -0.2) is 0 Å². The summed E-state index contributed by atoms with van der Waals surface area (Å²) in [6.45, 7) is 1.81. The first-order valence-electron chi connectivity index (χ1n) is 6.81. The lowest BCUT2D eigenvalue weighted by Crippen LogP contribution is -2.25. The van der Waals surface area contributed by atoms with Crippen LogP contribution in [-0.4, -0.2) is 27.4 Å². The first-order chi connectivity index (χ1) is 7.83. The SMILES string of the molecule is COCCC1(CCOC)CCCCCCC1. The quantitative estimate of drug-likeness (QED) is 0.688. The largest absolute Gasteiger partial charge is 0.385 e. The van der Waals surface area contributed by atoms with Gasteiger partial charge in [0.1, 0.15) is 0 Å². The first kappa shape index (κ1) is 14.0. The van der Waals surface area contributed by atoms with Crippen LogP contribution in [0, 0.1) is 5.41 Å². The molecule has 0 aromatic carbocycles. The van der Waals surface area contributed by atoms with Gasteiger partial charge < -0.3 is 9.47 Å². The van der Waals surface area contributed by atoms with Gasteiger partial charge >= 0.3 is 0 Å². The van der Waals surface area contributed by atoms with Crippen molar-refractivity contribution in [2.75, 3.05) is 27.4 Å². The van der Waals surface area contributed by atoms with Gasteiger partial charge in [-0.15, -0.1) is 0 Å². The molecule has 0 N–H and O–H groups in total. The van der Waals surface area contributed by atoms with Gasteiger partial charge in [0, 0.05) is 27.4 Å². The van der Waals surface area contributed by atoms with Gasteiger partial charge in [0.2, 0.25) is 0 Å². The summed E-state index contributed by atoms with van der Waals surface area (Å²) in [5.41, 5.74) is 0.506. The molecule has 0 atom stereocenters. The second kappa shape index (κ2) is 8.08. The summed E-state index contributed by atoms with van der Waals surface area (Å²) in [5, 5.41) is 0. The van der Waals surface area contributed by atoms with Crippen molar-refractivity contribution in [1.29, 1.82) is 0 Å². The Morgan fingerprint density at radius 2 is 1.19 bits per heavy atom. The van der Waals surface area contributed by atoms with Gasteiger partial charge in [-0.2, -0.15) is 0 Å². The molecule has 0 aliphatic heterocycles. The van der Waals surface area contributed by atoms with Crippen LogP contribution in [0.5, 0.6) is 0 Å². The summed E-state index contributed by atoms with van der Waals surface area (Å²) in [7, 11) is 3.62. The highest BCUT2D eigenvalue weighted by Crippen LogP contribution is 2.40. The van der Waals surface area contributed by atoms with E-state index in [1.807, 2.05) is 14.2 Å². The van der Waals surface area contributed by atoms with Gasteiger partial charge in [0.15, 0.2) is 0 Å². The van der Waals surface area contributed by atoms with Crippen LogP contribution in [0.25, 0.3) is 0 Å². The molecule has 0 amide bonds. The van der Waals surface area contributed by atoms with Crippen LogP contribution in [0.1, 0.15) is 57.8 Å². The molecule has 2 heteroatoms. The van der Waals surface area contributed by atoms with Crippen LogP contribution in [0.4, 0.5) is 0 Å². The maximum atomic E-state index is 5.28. The van der Waals surface area contributed by atoms with Crippen molar-refractivity contribution < 1.29 is 9.47 Å². The van der Waals surface area contributed by atoms with E-state index in [9.17, 15) is 0 Å². The van der Waals surface area contributed by atoms with Crippen molar-refractivity contribution in [1.82, 2.24) is 0 Å². The van der Waals surface area contributed by atoms with E-state index in [1.165, 1.54) is 57.8 Å². The van der Waals surface area contributed by atoms with E-state index in [4.69, 9.17) is 9.47 Å². The van der Waals surface area contributed by atoms with E-state index in [1.54, 1.807) is 0 Å². The molecule has 1 aliphatic rings. The molecular weight excluding hydrogens is 200 g/mol. The Labute approximate surface area is 101 Å². The van der Waals surface area contributed by atoms with Crippen molar-refractivity contribution in [3.63, 3.8) is 0 Å². The number of methoxy groups -OCH3 is 2. The van der Waals surface area contributed by atoms with Gasteiger partial charge in [-0.3, -0.25) is 0 Å². The molecule has 16 heavy (non-hydrogen) atoms. The second-order valence-corrected chi connectivity index (χ2v) is 5.25. The number of hydrogen-bond donors (Lipinski definition) is 0. The predicted octanol–water partition coefficient (Wildman–Crippen LogP) is 3.79. The smallest absolute Gasteiger partial charge is 0.0467 e. The molecular formula is C14H28O2. The lowest BCUT2D eigenvalue weighted by molar-refractivity contribution is 0.0722. The molecule has 0 unspecified atom stereocenters. The van der Waals surface area contributed by atoms with Crippen LogP contribution in [0.15, 0.2) is 0 Å². The van der Waals surface area contributed by atoms with E-state index in [0.29, 0.717) is 5.41 Å². The molecule has 0 bridgehead atoms. The monoisotopic (exact) mass is 228 g/mol. The van der Waals surface area contributed by atoms with Gasteiger partial charge in [0.25, 0.3) is 0 Å². The Hall–Kier alpha value is -0.0800. The molecule has 96 valence electrons. The standard InChI is InChI=1S/C14H28O2/c1-15-12-10-14(11-13-16-2)8-6-4-3-5-7-9-14/h3-13H2,1-2H3. The van der Waals surface area contributed by atoms with Gasteiger partial charge in [-0.05, 0) is 31.1 Å². The molecule has 0 saturated heterocycles. The predicted molar refractivity (Wildman–Crippen MR) is 67.7 cm³/mol. The van der Waals surface area contributed by atoms with E-state index < -0.39 is 0 Å². The van der Waals surface area contributed by atoms with Crippen LogP contribution in [0.3, 0.4) is 0 Å². The maximum Gasteiger partial charge on any atom is 0.0467 e. The molecule has 0 spiro atoms. The van der Waals surface area contributed by atoms with E-state index in [0.717, 1.165) is 13.2 Å². The minimum absolute atomic E-state index is 0.506. The fourth-order valence-electron chi connectivity index (χ4n) is 2.92. The van der Waals surface area contributed by atoms with E-state index in [-0.39, 0.29) is 0 Å². The average molecular weight is 228 g/mol.